The second kappa shape index (κ2) is 6.88. The first kappa shape index (κ1) is 17.5. The molecule has 2 bridgehead atoms. The van der Waals surface area contributed by atoms with Gasteiger partial charge in [-0.3, -0.25) is 9.52 Å². The zero-order valence-electron chi connectivity index (χ0n) is 14.0. The maximum Gasteiger partial charge on any atom is 0.310 e. The number of carboxylic acids is 1. The van der Waals surface area contributed by atoms with Gasteiger partial charge in [0.15, 0.2) is 0 Å². The third-order valence-corrected chi connectivity index (χ3v) is 5.84. The number of anilines is 1. The highest BCUT2D eigenvalue weighted by atomic mass is 32.2. The molecule has 5 nitrogen and oxygen atoms in total. The van der Waals surface area contributed by atoms with Crippen LogP contribution in [0.15, 0.2) is 42.5 Å². The third-order valence-electron chi connectivity index (χ3n) is 4.58. The molecule has 5 rings (SSSR count). The zero-order chi connectivity index (χ0) is 18.0. The van der Waals surface area contributed by atoms with Crippen LogP contribution in [-0.4, -0.2) is 19.5 Å². The average molecular weight is 359 g/mol. The molecule has 1 unspecified atom stereocenters. The molecule has 0 saturated heterocycles. The summed E-state index contributed by atoms with van der Waals surface area (Å²) in [6.45, 7) is 1.74. The van der Waals surface area contributed by atoms with Crippen LogP contribution < -0.4 is 4.72 Å². The van der Waals surface area contributed by atoms with E-state index in [1.807, 2.05) is 18.2 Å². The minimum absolute atomic E-state index is 0.0868. The van der Waals surface area contributed by atoms with Gasteiger partial charge in [0.25, 0.3) is 0 Å². The molecular weight excluding hydrogens is 338 g/mol. The molecule has 0 fully saturated rings. The van der Waals surface area contributed by atoms with E-state index < -0.39 is 16.0 Å². The van der Waals surface area contributed by atoms with Crippen molar-refractivity contribution in [2.24, 2.45) is 0 Å². The lowest BCUT2D eigenvalue weighted by Crippen LogP contribution is -2.11. The van der Waals surface area contributed by atoms with Crippen molar-refractivity contribution in [2.75, 3.05) is 4.72 Å². The van der Waals surface area contributed by atoms with E-state index in [9.17, 15) is 13.2 Å². The lowest BCUT2D eigenvalue weighted by Gasteiger charge is -2.08. The Morgan fingerprint density at radius 3 is 2.44 bits per heavy atom. The van der Waals surface area contributed by atoms with Gasteiger partial charge in [-0.2, -0.15) is 0 Å². The summed E-state index contributed by atoms with van der Waals surface area (Å²) in [5.41, 5.74) is 5.14. The van der Waals surface area contributed by atoms with E-state index in [4.69, 9.17) is 5.11 Å². The standard InChI is InChI=1S/C12H14O2.C7H7NO2S/c1-8(12(13)14)10-6-5-9-3-2-4-11(9)7-10;9-11(10)5-6-1-3-7(8-11)4-2-6/h5-8H,2-4H2,1H3,(H,13,14);1-4,8H,5H2. The number of carbonyl (C=O) groups is 1. The Hall–Kier alpha value is -2.34. The highest BCUT2D eigenvalue weighted by Gasteiger charge is 2.17. The summed E-state index contributed by atoms with van der Waals surface area (Å²) in [5, 5.41) is 8.88. The first-order chi connectivity index (χ1) is 11.8. The van der Waals surface area contributed by atoms with Crippen LogP contribution in [0.1, 0.15) is 41.5 Å². The lowest BCUT2D eigenvalue weighted by molar-refractivity contribution is -0.138. The fourth-order valence-electron chi connectivity index (χ4n) is 3.11. The number of aryl methyl sites for hydroxylation is 2. The molecule has 2 heterocycles. The quantitative estimate of drug-likeness (QED) is 0.862. The number of hydrogen-bond donors (Lipinski definition) is 2. The molecule has 2 aromatic carbocycles. The van der Waals surface area contributed by atoms with Crippen molar-refractivity contribution in [3.8, 4) is 0 Å². The highest BCUT2D eigenvalue weighted by Crippen LogP contribution is 2.26. The Bertz CT molecular complexity index is 857. The molecule has 2 aliphatic heterocycles. The van der Waals surface area contributed by atoms with Crippen molar-refractivity contribution in [1.82, 2.24) is 0 Å². The van der Waals surface area contributed by atoms with E-state index in [0.717, 1.165) is 24.0 Å². The number of sulfonamides is 1. The molecule has 6 heteroatoms. The average Bonchev–Trinajstić information content (AvgIpc) is 2.91. The van der Waals surface area contributed by atoms with Crippen molar-refractivity contribution in [1.29, 1.82) is 0 Å². The fraction of sp³-hybridized carbons (Fsp3) is 0.316. The lowest BCUT2D eigenvalue weighted by atomic mass is 9.97. The van der Waals surface area contributed by atoms with Gasteiger partial charge in [0.2, 0.25) is 10.0 Å². The van der Waals surface area contributed by atoms with Crippen molar-refractivity contribution >= 4 is 21.7 Å². The maximum absolute atomic E-state index is 11.1. The summed E-state index contributed by atoms with van der Waals surface area (Å²) in [5.74, 6) is -1.05. The van der Waals surface area contributed by atoms with Crippen LogP contribution in [0.5, 0.6) is 0 Å². The van der Waals surface area contributed by atoms with Gasteiger partial charge in [-0.25, -0.2) is 8.42 Å². The van der Waals surface area contributed by atoms with Crippen LogP contribution in [0.25, 0.3) is 0 Å². The summed E-state index contributed by atoms with van der Waals surface area (Å²) < 4.78 is 24.6. The van der Waals surface area contributed by atoms with Crippen LogP contribution in [-0.2, 0) is 33.4 Å². The van der Waals surface area contributed by atoms with Gasteiger partial charge in [0.1, 0.15) is 0 Å². The number of fused-ring (bicyclic) bond motifs is 5. The molecule has 0 radical (unpaired) electrons. The summed E-state index contributed by atoms with van der Waals surface area (Å²) >= 11 is 0. The second-order valence-corrected chi connectivity index (χ2v) is 8.22. The molecule has 0 spiro atoms. The largest absolute Gasteiger partial charge is 0.481 e. The monoisotopic (exact) mass is 359 g/mol. The summed E-state index contributed by atoms with van der Waals surface area (Å²) in [4.78, 5) is 10.8. The van der Waals surface area contributed by atoms with E-state index >= 15 is 0 Å². The number of rotatable bonds is 2. The van der Waals surface area contributed by atoms with Crippen LogP contribution >= 0.6 is 0 Å². The summed E-state index contributed by atoms with van der Waals surface area (Å²) in [6, 6.07) is 13.2. The number of aliphatic carboxylic acids is 1. The maximum atomic E-state index is 11.1. The third kappa shape index (κ3) is 4.20. The molecule has 0 aromatic heterocycles. The van der Waals surface area contributed by atoms with Crippen molar-refractivity contribution < 1.29 is 18.3 Å². The number of carboxylic acid groups (broad SMARTS) is 1. The molecule has 0 amide bonds. The van der Waals surface area contributed by atoms with Gasteiger partial charge in [0.05, 0.1) is 11.7 Å². The predicted molar refractivity (Wildman–Crippen MR) is 97.2 cm³/mol. The zero-order valence-corrected chi connectivity index (χ0v) is 14.8. The van der Waals surface area contributed by atoms with E-state index in [2.05, 4.69) is 16.9 Å². The van der Waals surface area contributed by atoms with Gasteiger partial charge in [-0.05, 0) is 60.6 Å². The van der Waals surface area contributed by atoms with Gasteiger partial charge in [-0.1, -0.05) is 30.3 Å². The predicted octanol–water partition coefficient (Wildman–Crippen LogP) is 3.31. The van der Waals surface area contributed by atoms with Crippen molar-refractivity contribution in [3.63, 3.8) is 0 Å². The molecular formula is C19H21NO4S. The van der Waals surface area contributed by atoms with E-state index in [-0.39, 0.29) is 11.7 Å². The van der Waals surface area contributed by atoms with Gasteiger partial charge in [0, 0.05) is 5.69 Å². The molecule has 132 valence electrons. The van der Waals surface area contributed by atoms with Crippen LogP contribution in [0, 0.1) is 0 Å². The Labute approximate surface area is 147 Å². The second-order valence-electron chi connectivity index (χ2n) is 6.50. The highest BCUT2D eigenvalue weighted by molar-refractivity contribution is 7.91. The van der Waals surface area contributed by atoms with Gasteiger partial charge in [-0.15, -0.1) is 0 Å². The molecule has 2 aromatic rings. The number of hydrogen-bond acceptors (Lipinski definition) is 3. The first-order valence-electron chi connectivity index (χ1n) is 8.28. The minimum atomic E-state index is -3.10. The van der Waals surface area contributed by atoms with E-state index in [0.29, 0.717) is 5.69 Å². The Morgan fingerprint density at radius 1 is 1.08 bits per heavy atom. The van der Waals surface area contributed by atoms with Gasteiger partial charge < -0.3 is 5.11 Å². The minimum Gasteiger partial charge on any atom is -0.481 e. The molecule has 0 saturated carbocycles. The van der Waals surface area contributed by atoms with E-state index in [1.54, 1.807) is 19.1 Å². The Kier molecular flexibility index (Phi) is 4.81. The molecule has 1 atom stereocenters. The number of benzene rings is 2. The van der Waals surface area contributed by atoms with Crippen LogP contribution in [0.4, 0.5) is 5.69 Å². The van der Waals surface area contributed by atoms with Crippen molar-refractivity contribution in [2.45, 2.75) is 37.9 Å². The normalized spacial score (nSPS) is 17.5. The van der Waals surface area contributed by atoms with Crippen LogP contribution in [0.3, 0.4) is 0 Å². The van der Waals surface area contributed by atoms with E-state index in [1.165, 1.54) is 17.5 Å². The Morgan fingerprint density at radius 2 is 1.76 bits per heavy atom. The summed E-state index contributed by atoms with van der Waals surface area (Å²) in [7, 11) is -3.10. The fourth-order valence-corrected chi connectivity index (χ4v) is 4.31. The SMILES string of the molecule is CC(C(=O)O)c1ccc2c(c1)CCC2.O=S1(=O)Cc2ccc(cc2)N1. The first-order valence-corrected chi connectivity index (χ1v) is 9.93. The molecule has 2 N–H and O–H groups in total. The molecule has 1 aliphatic carbocycles. The molecule has 25 heavy (non-hydrogen) atoms. The topological polar surface area (TPSA) is 83.5 Å². The molecule has 3 aliphatic rings. The summed E-state index contributed by atoms with van der Waals surface area (Å²) in [6.07, 6.45) is 3.47. The van der Waals surface area contributed by atoms with Gasteiger partial charge >= 0.3 is 5.97 Å². The van der Waals surface area contributed by atoms with Crippen molar-refractivity contribution in [3.05, 3.63) is 64.7 Å². The van der Waals surface area contributed by atoms with Crippen LogP contribution in [0.2, 0.25) is 0 Å². The Balaban J connectivity index is 0.000000150. The smallest absolute Gasteiger partial charge is 0.310 e. The number of nitrogens with one attached hydrogen (secondary N) is 1.